The molecule has 0 unspecified atom stereocenters. The summed E-state index contributed by atoms with van der Waals surface area (Å²) in [6.07, 6.45) is 1.10. The van der Waals surface area contributed by atoms with E-state index in [1.54, 1.807) is 12.1 Å². The Balaban J connectivity index is 1.88. The van der Waals surface area contributed by atoms with Crippen LogP contribution in [-0.2, 0) is 17.6 Å². The summed E-state index contributed by atoms with van der Waals surface area (Å²) >= 11 is 7.31. The van der Waals surface area contributed by atoms with Gasteiger partial charge in [-0.05, 0) is 31.8 Å². The zero-order chi connectivity index (χ0) is 15.2. The minimum absolute atomic E-state index is 0.118. The summed E-state index contributed by atoms with van der Waals surface area (Å²) in [5, 5.41) is 12.9. The first-order valence-electron chi connectivity index (χ1n) is 6.54. The molecule has 21 heavy (non-hydrogen) atoms. The fourth-order valence-corrected chi connectivity index (χ4v) is 2.68. The maximum Gasteiger partial charge on any atom is 0.230 e. The molecule has 0 saturated carbocycles. The van der Waals surface area contributed by atoms with Crippen molar-refractivity contribution in [2.24, 2.45) is 0 Å². The van der Waals surface area contributed by atoms with Crippen LogP contribution in [0.2, 0.25) is 5.02 Å². The van der Waals surface area contributed by atoms with Crippen molar-refractivity contribution >= 4 is 34.0 Å². The number of aromatic nitrogens is 2. The van der Waals surface area contributed by atoms with E-state index in [0.29, 0.717) is 10.2 Å². The Bertz CT molecular complexity index is 615. The molecule has 1 N–H and O–H groups in total. The first kappa shape index (κ1) is 15.9. The third kappa shape index (κ3) is 5.41. The van der Waals surface area contributed by atoms with Crippen LogP contribution >= 0.6 is 22.9 Å². The second kappa shape index (κ2) is 7.49. The van der Waals surface area contributed by atoms with Crippen molar-refractivity contribution in [3.63, 3.8) is 0 Å². The molecular weight excluding hydrogens is 308 g/mol. The van der Waals surface area contributed by atoms with Gasteiger partial charge in [-0.25, -0.2) is 0 Å². The quantitative estimate of drug-likeness (QED) is 0.887. The van der Waals surface area contributed by atoms with Crippen LogP contribution in [0.5, 0.6) is 0 Å². The average Bonchev–Trinajstić information content (AvgIpc) is 2.83. The summed E-state index contributed by atoms with van der Waals surface area (Å²) in [7, 11) is 4.02. The molecule has 1 aromatic carbocycles. The summed E-state index contributed by atoms with van der Waals surface area (Å²) in [4.78, 5) is 14.0. The lowest BCUT2D eigenvalue weighted by Crippen LogP contribution is -2.14. The monoisotopic (exact) mass is 324 g/mol. The summed E-state index contributed by atoms with van der Waals surface area (Å²) in [5.41, 5.74) is 0.873. The molecule has 7 heteroatoms. The highest BCUT2D eigenvalue weighted by Gasteiger charge is 2.09. The first-order valence-corrected chi connectivity index (χ1v) is 7.74. The van der Waals surface area contributed by atoms with E-state index in [1.807, 2.05) is 26.2 Å². The van der Waals surface area contributed by atoms with Crippen LogP contribution in [0.1, 0.15) is 10.6 Å². The molecule has 1 heterocycles. The molecular formula is C14H17ClN4OS. The van der Waals surface area contributed by atoms with Gasteiger partial charge in [0.2, 0.25) is 11.0 Å². The molecule has 0 aliphatic carbocycles. The predicted molar refractivity (Wildman–Crippen MR) is 86.0 cm³/mol. The Kier molecular flexibility index (Phi) is 5.67. The smallest absolute Gasteiger partial charge is 0.230 e. The number of carbonyl (C=O) groups excluding carboxylic acids is 1. The van der Waals surface area contributed by atoms with Gasteiger partial charge in [-0.3, -0.25) is 4.79 Å². The third-order valence-electron chi connectivity index (χ3n) is 2.74. The van der Waals surface area contributed by atoms with Gasteiger partial charge in [0.05, 0.1) is 6.42 Å². The lowest BCUT2D eigenvalue weighted by Gasteiger charge is -2.05. The number of rotatable bonds is 6. The minimum Gasteiger partial charge on any atom is -0.309 e. The molecule has 0 atom stereocenters. The fourth-order valence-electron chi connectivity index (χ4n) is 1.72. The highest BCUT2D eigenvalue weighted by molar-refractivity contribution is 7.15. The molecule has 112 valence electrons. The molecule has 5 nitrogen and oxygen atoms in total. The summed E-state index contributed by atoms with van der Waals surface area (Å²) in [6.45, 7) is 0.908. The van der Waals surface area contributed by atoms with Crippen molar-refractivity contribution in [2.75, 3.05) is 26.0 Å². The summed E-state index contributed by atoms with van der Waals surface area (Å²) in [6, 6.07) is 7.26. The number of halogens is 1. The number of hydrogen-bond donors (Lipinski definition) is 1. The Morgan fingerprint density at radius 2 is 2.19 bits per heavy atom. The van der Waals surface area contributed by atoms with Gasteiger partial charge < -0.3 is 10.2 Å². The van der Waals surface area contributed by atoms with Crippen molar-refractivity contribution in [3.05, 3.63) is 39.9 Å². The minimum atomic E-state index is -0.118. The van der Waals surface area contributed by atoms with Crippen LogP contribution in [0.3, 0.4) is 0 Å². The van der Waals surface area contributed by atoms with E-state index in [4.69, 9.17) is 11.6 Å². The van der Waals surface area contributed by atoms with E-state index >= 15 is 0 Å². The van der Waals surface area contributed by atoms with Crippen molar-refractivity contribution in [1.29, 1.82) is 0 Å². The maximum absolute atomic E-state index is 11.9. The average molecular weight is 325 g/mol. The van der Waals surface area contributed by atoms with Gasteiger partial charge in [0.1, 0.15) is 5.01 Å². The van der Waals surface area contributed by atoms with Gasteiger partial charge in [0, 0.05) is 18.0 Å². The largest absolute Gasteiger partial charge is 0.309 e. The second-order valence-electron chi connectivity index (χ2n) is 4.91. The zero-order valence-electron chi connectivity index (χ0n) is 12.0. The first-order chi connectivity index (χ1) is 10.0. The van der Waals surface area contributed by atoms with Crippen LogP contribution in [-0.4, -0.2) is 41.6 Å². The zero-order valence-corrected chi connectivity index (χ0v) is 13.5. The SMILES string of the molecule is CN(C)CCc1nnc(NC(=O)Cc2cccc(Cl)c2)s1. The van der Waals surface area contributed by atoms with E-state index in [9.17, 15) is 4.79 Å². The van der Waals surface area contributed by atoms with Gasteiger partial charge in [0.25, 0.3) is 0 Å². The van der Waals surface area contributed by atoms with Crippen molar-refractivity contribution in [1.82, 2.24) is 15.1 Å². The molecule has 0 aliphatic heterocycles. The van der Waals surface area contributed by atoms with Crippen LogP contribution in [0.4, 0.5) is 5.13 Å². The number of nitrogens with one attached hydrogen (secondary N) is 1. The number of amides is 1. The third-order valence-corrected chi connectivity index (χ3v) is 3.87. The summed E-state index contributed by atoms with van der Waals surface area (Å²) < 4.78 is 0. The molecule has 0 saturated heterocycles. The van der Waals surface area contributed by atoms with Gasteiger partial charge in [-0.1, -0.05) is 35.1 Å². The normalized spacial score (nSPS) is 10.9. The number of benzene rings is 1. The second-order valence-corrected chi connectivity index (χ2v) is 6.41. The van der Waals surface area contributed by atoms with Crippen LogP contribution in [0.15, 0.2) is 24.3 Å². The molecule has 2 aromatic rings. The Morgan fingerprint density at radius 1 is 1.38 bits per heavy atom. The number of hydrogen-bond acceptors (Lipinski definition) is 5. The number of anilines is 1. The number of nitrogens with zero attached hydrogens (tertiary/aromatic N) is 3. The predicted octanol–water partition coefficient (Wildman–Crippen LogP) is 2.48. The van der Waals surface area contributed by atoms with Crippen LogP contribution in [0.25, 0.3) is 0 Å². The van der Waals surface area contributed by atoms with E-state index in [-0.39, 0.29) is 12.3 Å². The molecule has 0 fully saturated rings. The number of likely N-dealkylation sites (N-methyl/N-ethyl adjacent to an activating group) is 1. The van der Waals surface area contributed by atoms with Gasteiger partial charge >= 0.3 is 0 Å². The molecule has 0 aliphatic rings. The summed E-state index contributed by atoms with van der Waals surface area (Å²) in [5.74, 6) is -0.118. The highest BCUT2D eigenvalue weighted by Crippen LogP contribution is 2.17. The Labute approximate surface area is 133 Å². The molecule has 0 radical (unpaired) electrons. The van der Waals surface area contributed by atoms with E-state index in [2.05, 4.69) is 20.4 Å². The van der Waals surface area contributed by atoms with Crippen molar-refractivity contribution in [2.45, 2.75) is 12.8 Å². The van der Waals surface area contributed by atoms with E-state index in [1.165, 1.54) is 11.3 Å². The molecule has 2 rings (SSSR count). The highest BCUT2D eigenvalue weighted by atomic mass is 35.5. The molecule has 1 aromatic heterocycles. The van der Waals surface area contributed by atoms with E-state index < -0.39 is 0 Å². The Morgan fingerprint density at radius 3 is 2.90 bits per heavy atom. The fraction of sp³-hybridized carbons (Fsp3) is 0.357. The maximum atomic E-state index is 11.9. The Hall–Kier alpha value is -1.50. The van der Waals surface area contributed by atoms with Gasteiger partial charge in [-0.15, -0.1) is 10.2 Å². The van der Waals surface area contributed by atoms with Crippen LogP contribution < -0.4 is 5.32 Å². The topological polar surface area (TPSA) is 58.1 Å². The van der Waals surface area contributed by atoms with Crippen LogP contribution in [0, 0.1) is 0 Å². The standard InChI is InChI=1S/C14H17ClN4OS/c1-19(2)7-6-13-17-18-14(21-13)16-12(20)9-10-4-3-5-11(15)8-10/h3-5,8H,6-7,9H2,1-2H3,(H,16,18,20). The van der Waals surface area contributed by atoms with Gasteiger partial charge in [-0.2, -0.15) is 0 Å². The molecule has 0 spiro atoms. The van der Waals surface area contributed by atoms with Gasteiger partial charge in [0.15, 0.2) is 0 Å². The molecule has 1 amide bonds. The van der Waals surface area contributed by atoms with Crippen molar-refractivity contribution < 1.29 is 4.79 Å². The molecule has 0 bridgehead atoms. The number of carbonyl (C=O) groups is 1. The lowest BCUT2D eigenvalue weighted by molar-refractivity contribution is -0.115. The van der Waals surface area contributed by atoms with Crippen molar-refractivity contribution in [3.8, 4) is 0 Å². The van der Waals surface area contributed by atoms with E-state index in [0.717, 1.165) is 23.5 Å². The lowest BCUT2D eigenvalue weighted by atomic mass is 10.1.